The van der Waals surface area contributed by atoms with Crippen LogP contribution in [0.2, 0.25) is 0 Å². The maximum atomic E-state index is 12.8. The Kier molecular flexibility index (Phi) is 5.74. The first-order valence-corrected chi connectivity index (χ1v) is 10.8. The SMILES string of the molecule is C[C@H]1[C@H](C)CCC[C@H]1NC(=O)c1cc(S(=O)(=O)N2CCOCC2)cn1C. The molecule has 7 nitrogen and oxygen atoms in total. The maximum absolute atomic E-state index is 12.8. The van der Waals surface area contributed by atoms with E-state index in [0.29, 0.717) is 43.8 Å². The number of rotatable bonds is 4. The first-order chi connectivity index (χ1) is 12.3. The average molecular weight is 384 g/mol. The first-order valence-electron chi connectivity index (χ1n) is 9.36. The topological polar surface area (TPSA) is 80.6 Å². The van der Waals surface area contributed by atoms with E-state index in [-0.39, 0.29) is 16.8 Å². The number of carbonyl (C=O) groups excluding carboxylic acids is 1. The molecule has 1 saturated carbocycles. The van der Waals surface area contributed by atoms with Crippen molar-refractivity contribution in [3.05, 3.63) is 18.0 Å². The molecule has 1 aliphatic heterocycles. The van der Waals surface area contributed by atoms with Crippen molar-refractivity contribution in [2.24, 2.45) is 18.9 Å². The number of sulfonamides is 1. The third kappa shape index (κ3) is 3.82. The van der Waals surface area contributed by atoms with Crippen molar-refractivity contribution in [1.29, 1.82) is 0 Å². The lowest BCUT2D eigenvalue weighted by Crippen LogP contribution is -2.44. The molecule has 3 rings (SSSR count). The van der Waals surface area contributed by atoms with Crippen molar-refractivity contribution < 1.29 is 17.9 Å². The van der Waals surface area contributed by atoms with E-state index >= 15 is 0 Å². The Balaban J connectivity index is 1.76. The van der Waals surface area contributed by atoms with E-state index in [1.54, 1.807) is 11.6 Å². The number of aryl methyl sites for hydroxylation is 1. The maximum Gasteiger partial charge on any atom is 0.268 e. The predicted molar refractivity (Wildman–Crippen MR) is 98.4 cm³/mol. The minimum atomic E-state index is -3.60. The van der Waals surface area contributed by atoms with Gasteiger partial charge in [-0.05, 0) is 24.3 Å². The highest BCUT2D eigenvalue weighted by Crippen LogP contribution is 2.30. The normalized spacial score (nSPS) is 28.0. The monoisotopic (exact) mass is 383 g/mol. The number of aromatic nitrogens is 1. The van der Waals surface area contributed by atoms with Crippen molar-refractivity contribution >= 4 is 15.9 Å². The predicted octanol–water partition coefficient (Wildman–Crippen LogP) is 1.60. The highest BCUT2D eigenvalue weighted by atomic mass is 32.2. The number of ether oxygens (including phenoxy) is 1. The van der Waals surface area contributed by atoms with Crippen molar-refractivity contribution in [1.82, 2.24) is 14.2 Å². The molecule has 1 saturated heterocycles. The molecule has 1 aliphatic carbocycles. The zero-order valence-corrected chi connectivity index (χ0v) is 16.6. The van der Waals surface area contributed by atoms with Gasteiger partial charge in [0, 0.05) is 32.4 Å². The lowest BCUT2D eigenvalue weighted by Gasteiger charge is -2.34. The van der Waals surface area contributed by atoms with Crippen LogP contribution >= 0.6 is 0 Å². The molecule has 0 unspecified atom stereocenters. The first kappa shape index (κ1) is 19.4. The molecule has 3 atom stereocenters. The molecule has 2 heterocycles. The number of amides is 1. The Hall–Kier alpha value is -1.38. The Bertz CT molecular complexity index is 752. The fourth-order valence-corrected chi connectivity index (χ4v) is 5.34. The number of nitrogens with one attached hydrogen (secondary N) is 1. The van der Waals surface area contributed by atoms with E-state index in [2.05, 4.69) is 19.2 Å². The lowest BCUT2D eigenvalue weighted by atomic mass is 9.78. The van der Waals surface area contributed by atoms with Gasteiger partial charge in [0.05, 0.1) is 13.2 Å². The van der Waals surface area contributed by atoms with E-state index in [1.165, 1.54) is 23.0 Å². The minimum absolute atomic E-state index is 0.139. The van der Waals surface area contributed by atoms with Gasteiger partial charge < -0.3 is 14.6 Å². The number of hydrogen-bond donors (Lipinski definition) is 1. The summed E-state index contributed by atoms with van der Waals surface area (Å²) in [6.45, 7) is 5.88. The molecule has 146 valence electrons. The molecule has 1 aromatic heterocycles. The number of nitrogens with zero attached hydrogens (tertiary/aromatic N) is 2. The summed E-state index contributed by atoms with van der Waals surface area (Å²) >= 11 is 0. The zero-order chi connectivity index (χ0) is 18.9. The standard InChI is InChI=1S/C18H29N3O4S/c1-13-5-4-6-16(14(13)2)19-18(22)17-11-15(12-20(17)3)26(23,24)21-7-9-25-10-8-21/h11-14,16H,4-10H2,1-3H3,(H,19,22)/t13-,14+,16-/m1/s1. The number of carbonyl (C=O) groups is 1. The van der Waals surface area contributed by atoms with Crippen molar-refractivity contribution in [3.8, 4) is 0 Å². The summed E-state index contributed by atoms with van der Waals surface area (Å²) in [7, 11) is -1.89. The van der Waals surface area contributed by atoms with Crippen LogP contribution in [0.15, 0.2) is 17.2 Å². The second-order valence-electron chi connectivity index (χ2n) is 7.54. The molecule has 0 radical (unpaired) electrons. The molecule has 2 fully saturated rings. The molecule has 1 N–H and O–H groups in total. The molecule has 1 amide bonds. The van der Waals surface area contributed by atoms with E-state index < -0.39 is 10.0 Å². The van der Waals surface area contributed by atoms with Crippen molar-refractivity contribution in [2.45, 2.75) is 44.0 Å². The van der Waals surface area contributed by atoms with Gasteiger partial charge in [-0.2, -0.15) is 4.31 Å². The smallest absolute Gasteiger partial charge is 0.268 e. The summed E-state index contributed by atoms with van der Waals surface area (Å²) in [6, 6.07) is 1.62. The van der Waals surface area contributed by atoms with Gasteiger partial charge in [-0.3, -0.25) is 4.79 Å². The van der Waals surface area contributed by atoms with Crippen LogP contribution in [0.1, 0.15) is 43.6 Å². The van der Waals surface area contributed by atoms with Gasteiger partial charge in [-0.15, -0.1) is 0 Å². The summed E-state index contributed by atoms with van der Waals surface area (Å²) < 4.78 is 33.8. The fourth-order valence-electron chi connectivity index (χ4n) is 3.87. The number of morpholine rings is 1. The highest BCUT2D eigenvalue weighted by Gasteiger charge is 2.31. The van der Waals surface area contributed by atoms with Crippen LogP contribution in [0.25, 0.3) is 0 Å². The Morgan fingerprint density at radius 3 is 2.62 bits per heavy atom. The molecule has 0 aromatic carbocycles. The van der Waals surface area contributed by atoms with E-state index in [4.69, 9.17) is 4.74 Å². The molecular formula is C18H29N3O4S. The molecule has 2 aliphatic rings. The van der Waals surface area contributed by atoms with Gasteiger partial charge >= 0.3 is 0 Å². The van der Waals surface area contributed by atoms with Gasteiger partial charge in [0.1, 0.15) is 10.6 Å². The molecule has 8 heteroatoms. The summed E-state index contributed by atoms with van der Waals surface area (Å²) in [5, 5.41) is 3.11. The average Bonchev–Trinajstić information content (AvgIpc) is 3.02. The summed E-state index contributed by atoms with van der Waals surface area (Å²) in [5.74, 6) is 0.797. The second-order valence-corrected chi connectivity index (χ2v) is 9.47. The van der Waals surface area contributed by atoms with Crippen LogP contribution in [0, 0.1) is 11.8 Å². The molecule has 26 heavy (non-hydrogen) atoms. The third-order valence-electron chi connectivity index (χ3n) is 5.84. The van der Waals surface area contributed by atoms with E-state index in [1.807, 2.05) is 0 Å². The van der Waals surface area contributed by atoms with Gasteiger partial charge in [-0.25, -0.2) is 8.42 Å². The number of hydrogen-bond acceptors (Lipinski definition) is 4. The quantitative estimate of drug-likeness (QED) is 0.856. The van der Waals surface area contributed by atoms with Gasteiger partial charge in [0.25, 0.3) is 5.91 Å². The Morgan fingerprint density at radius 1 is 1.23 bits per heavy atom. The van der Waals surface area contributed by atoms with Crippen LogP contribution in [0.3, 0.4) is 0 Å². The molecule has 0 bridgehead atoms. The third-order valence-corrected chi connectivity index (χ3v) is 7.71. The van der Waals surface area contributed by atoms with Crippen LogP contribution in [0.4, 0.5) is 0 Å². The molecular weight excluding hydrogens is 354 g/mol. The van der Waals surface area contributed by atoms with Gasteiger partial charge in [0.2, 0.25) is 10.0 Å². The van der Waals surface area contributed by atoms with E-state index in [0.717, 1.165) is 12.8 Å². The highest BCUT2D eigenvalue weighted by molar-refractivity contribution is 7.89. The summed E-state index contributed by atoms with van der Waals surface area (Å²) in [6.07, 6.45) is 4.80. The van der Waals surface area contributed by atoms with Crippen molar-refractivity contribution in [3.63, 3.8) is 0 Å². The van der Waals surface area contributed by atoms with Crippen LogP contribution in [0.5, 0.6) is 0 Å². The van der Waals surface area contributed by atoms with Gasteiger partial charge in [0.15, 0.2) is 0 Å². The summed E-state index contributed by atoms with van der Waals surface area (Å²) in [4.78, 5) is 12.9. The largest absolute Gasteiger partial charge is 0.379 e. The second kappa shape index (κ2) is 7.70. The van der Waals surface area contributed by atoms with Crippen molar-refractivity contribution in [2.75, 3.05) is 26.3 Å². The minimum Gasteiger partial charge on any atom is -0.379 e. The lowest BCUT2D eigenvalue weighted by molar-refractivity contribution is 0.0730. The van der Waals surface area contributed by atoms with Crippen LogP contribution < -0.4 is 5.32 Å². The Morgan fingerprint density at radius 2 is 1.92 bits per heavy atom. The Labute approximate surface area is 155 Å². The van der Waals surface area contributed by atoms with Gasteiger partial charge in [-0.1, -0.05) is 26.7 Å². The van der Waals surface area contributed by atoms with Crippen LogP contribution in [-0.2, 0) is 21.8 Å². The molecule has 1 aromatic rings. The van der Waals surface area contributed by atoms with E-state index in [9.17, 15) is 13.2 Å². The molecule has 0 spiro atoms. The summed E-state index contributed by atoms with van der Waals surface area (Å²) in [5.41, 5.74) is 0.377. The fraction of sp³-hybridized carbons (Fsp3) is 0.722. The zero-order valence-electron chi connectivity index (χ0n) is 15.8. The van der Waals surface area contributed by atoms with Crippen LogP contribution in [-0.4, -0.2) is 55.5 Å².